The van der Waals surface area contributed by atoms with Crippen molar-refractivity contribution in [3.63, 3.8) is 0 Å². The van der Waals surface area contributed by atoms with Crippen molar-refractivity contribution in [2.24, 2.45) is 0 Å². The normalized spacial score (nSPS) is 10.1. The molecule has 118 valence electrons. The number of aryl methyl sites for hydroxylation is 1. The summed E-state index contributed by atoms with van der Waals surface area (Å²) in [5.41, 5.74) is -1.09. The summed E-state index contributed by atoms with van der Waals surface area (Å²) in [5, 5.41) is 35.9. The standard InChI is InChI=1S/C14H11N3O6/c1-8-2-4-9(5-3-8)15-14(19)11-6-10(16(20)21)7-12(13(11)18)17(22)23/h2-7,18H,1H3,(H,15,19)/p-1. The molecule has 23 heavy (non-hydrogen) atoms. The van der Waals surface area contributed by atoms with Crippen molar-refractivity contribution < 1.29 is 19.7 Å². The highest BCUT2D eigenvalue weighted by molar-refractivity contribution is 6.07. The second-order valence-corrected chi connectivity index (χ2v) is 4.68. The van der Waals surface area contributed by atoms with Gasteiger partial charge in [-0.15, -0.1) is 0 Å². The molecule has 2 aromatic carbocycles. The smallest absolute Gasteiger partial charge is 0.277 e. The predicted octanol–water partition coefficient (Wildman–Crippen LogP) is 2.14. The fourth-order valence-corrected chi connectivity index (χ4v) is 1.84. The molecule has 0 radical (unpaired) electrons. The Morgan fingerprint density at radius 3 is 2.17 bits per heavy atom. The lowest BCUT2D eigenvalue weighted by atomic mass is 10.1. The van der Waals surface area contributed by atoms with Gasteiger partial charge in [-0.25, -0.2) is 0 Å². The minimum Gasteiger partial charge on any atom is -0.867 e. The average Bonchev–Trinajstić information content (AvgIpc) is 2.49. The molecule has 1 amide bonds. The van der Waals surface area contributed by atoms with Gasteiger partial charge >= 0.3 is 0 Å². The van der Waals surface area contributed by atoms with Gasteiger partial charge < -0.3 is 10.4 Å². The van der Waals surface area contributed by atoms with E-state index >= 15 is 0 Å². The van der Waals surface area contributed by atoms with E-state index in [2.05, 4.69) is 5.32 Å². The van der Waals surface area contributed by atoms with E-state index < -0.39 is 38.4 Å². The van der Waals surface area contributed by atoms with Crippen LogP contribution in [-0.2, 0) is 0 Å². The Bertz CT molecular complexity index is 801. The van der Waals surface area contributed by atoms with Crippen molar-refractivity contribution in [3.8, 4) is 5.75 Å². The largest absolute Gasteiger partial charge is 0.867 e. The number of carbonyl (C=O) groups excluding carboxylic acids is 1. The third-order valence-corrected chi connectivity index (χ3v) is 3.02. The van der Waals surface area contributed by atoms with Gasteiger partial charge in [0, 0.05) is 17.3 Å². The molecule has 0 aromatic heterocycles. The Labute approximate surface area is 129 Å². The molecule has 0 bridgehead atoms. The molecule has 0 unspecified atom stereocenters. The van der Waals surface area contributed by atoms with Gasteiger partial charge in [-0.2, -0.15) is 0 Å². The van der Waals surface area contributed by atoms with Crippen LogP contribution in [0.25, 0.3) is 0 Å². The van der Waals surface area contributed by atoms with E-state index in [0.717, 1.165) is 11.6 Å². The summed E-state index contributed by atoms with van der Waals surface area (Å²) < 4.78 is 0. The third kappa shape index (κ3) is 3.40. The number of non-ortho nitro benzene ring substituents is 1. The Hall–Kier alpha value is -3.49. The molecule has 0 heterocycles. The van der Waals surface area contributed by atoms with Crippen LogP contribution in [0.5, 0.6) is 5.75 Å². The van der Waals surface area contributed by atoms with Crippen LogP contribution in [0.1, 0.15) is 15.9 Å². The number of nitrogens with one attached hydrogen (secondary N) is 1. The van der Waals surface area contributed by atoms with Gasteiger partial charge in [0.15, 0.2) is 0 Å². The molecule has 0 aliphatic heterocycles. The summed E-state index contributed by atoms with van der Waals surface area (Å²) in [6.07, 6.45) is 0. The first kappa shape index (κ1) is 15.9. The SMILES string of the molecule is Cc1ccc(NC(=O)c2cc([N+](=O)[O-])cc([N+](=O)[O-])c2[O-])cc1. The number of rotatable bonds is 4. The molecular formula is C14H10N3O6-. The number of hydrogen-bond acceptors (Lipinski definition) is 6. The lowest BCUT2D eigenvalue weighted by molar-refractivity contribution is -0.403. The number of amides is 1. The van der Waals surface area contributed by atoms with Crippen LogP contribution in [0.2, 0.25) is 0 Å². The lowest BCUT2D eigenvalue weighted by Crippen LogP contribution is -2.16. The van der Waals surface area contributed by atoms with Crippen molar-refractivity contribution >= 4 is 23.0 Å². The summed E-state index contributed by atoms with van der Waals surface area (Å²) in [5.74, 6) is -2.13. The van der Waals surface area contributed by atoms with Crippen molar-refractivity contribution in [1.29, 1.82) is 0 Å². The van der Waals surface area contributed by atoms with Crippen LogP contribution in [0.3, 0.4) is 0 Å². The van der Waals surface area contributed by atoms with Crippen LogP contribution >= 0.6 is 0 Å². The summed E-state index contributed by atoms with van der Waals surface area (Å²) in [6, 6.07) is 7.82. The number of carbonyl (C=O) groups is 1. The van der Waals surface area contributed by atoms with Crippen LogP contribution in [0.4, 0.5) is 17.1 Å². The molecule has 9 heteroatoms. The molecule has 0 saturated carbocycles. The van der Waals surface area contributed by atoms with E-state index in [0.29, 0.717) is 11.8 Å². The highest BCUT2D eigenvalue weighted by Crippen LogP contribution is 2.32. The molecule has 0 aliphatic carbocycles. The Morgan fingerprint density at radius 2 is 1.65 bits per heavy atom. The molecule has 0 atom stereocenters. The number of benzene rings is 2. The van der Waals surface area contributed by atoms with E-state index in [9.17, 15) is 30.1 Å². The van der Waals surface area contributed by atoms with Gasteiger partial charge in [0.25, 0.3) is 17.3 Å². The van der Waals surface area contributed by atoms with Crippen molar-refractivity contribution in [2.45, 2.75) is 6.92 Å². The topological polar surface area (TPSA) is 138 Å². The van der Waals surface area contributed by atoms with E-state index in [-0.39, 0.29) is 0 Å². The zero-order valence-electron chi connectivity index (χ0n) is 11.8. The van der Waals surface area contributed by atoms with E-state index in [1.807, 2.05) is 6.92 Å². The number of nitro groups is 2. The fraction of sp³-hybridized carbons (Fsp3) is 0.0714. The van der Waals surface area contributed by atoms with E-state index in [1.54, 1.807) is 24.3 Å². The predicted molar refractivity (Wildman–Crippen MR) is 78.3 cm³/mol. The first-order valence-electron chi connectivity index (χ1n) is 6.31. The Balaban J connectivity index is 2.44. The molecule has 0 fully saturated rings. The van der Waals surface area contributed by atoms with Crippen molar-refractivity contribution in [3.05, 3.63) is 67.8 Å². The van der Waals surface area contributed by atoms with Gasteiger partial charge in [0.05, 0.1) is 15.9 Å². The van der Waals surface area contributed by atoms with Crippen LogP contribution in [-0.4, -0.2) is 15.8 Å². The number of nitro benzene ring substituents is 2. The van der Waals surface area contributed by atoms with Gasteiger partial charge in [0.2, 0.25) is 0 Å². The molecule has 2 aromatic rings. The molecule has 0 aliphatic rings. The maximum atomic E-state index is 12.1. The zero-order valence-corrected chi connectivity index (χ0v) is 11.8. The van der Waals surface area contributed by atoms with Gasteiger partial charge in [-0.1, -0.05) is 17.7 Å². The molecule has 0 spiro atoms. The summed E-state index contributed by atoms with van der Waals surface area (Å²) >= 11 is 0. The third-order valence-electron chi connectivity index (χ3n) is 3.02. The number of hydrogen-bond donors (Lipinski definition) is 1. The average molecular weight is 316 g/mol. The first-order valence-corrected chi connectivity index (χ1v) is 6.31. The molecule has 2 rings (SSSR count). The van der Waals surface area contributed by atoms with Crippen molar-refractivity contribution in [1.82, 2.24) is 0 Å². The number of nitrogens with zero attached hydrogens (tertiary/aromatic N) is 2. The molecule has 9 nitrogen and oxygen atoms in total. The highest BCUT2D eigenvalue weighted by Gasteiger charge is 2.22. The quantitative estimate of drug-likeness (QED) is 0.677. The zero-order chi connectivity index (χ0) is 17.1. The first-order chi connectivity index (χ1) is 10.8. The lowest BCUT2D eigenvalue weighted by Gasteiger charge is -2.13. The summed E-state index contributed by atoms with van der Waals surface area (Å²) in [7, 11) is 0. The Kier molecular flexibility index (Phi) is 4.21. The number of anilines is 1. The molecule has 1 N–H and O–H groups in total. The monoisotopic (exact) mass is 316 g/mol. The second kappa shape index (κ2) is 6.10. The van der Waals surface area contributed by atoms with E-state index in [4.69, 9.17) is 0 Å². The van der Waals surface area contributed by atoms with Crippen molar-refractivity contribution in [2.75, 3.05) is 5.32 Å². The minimum absolute atomic E-state index is 0.356. The van der Waals surface area contributed by atoms with Gasteiger partial charge in [-0.3, -0.25) is 25.0 Å². The van der Waals surface area contributed by atoms with Gasteiger partial charge in [0.1, 0.15) is 0 Å². The van der Waals surface area contributed by atoms with Crippen LogP contribution < -0.4 is 10.4 Å². The summed E-state index contributed by atoms with van der Waals surface area (Å²) in [4.78, 5) is 31.8. The maximum absolute atomic E-state index is 12.1. The molecular weight excluding hydrogens is 306 g/mol. The molecule has 0 saturated heterocycles. The van der Waals surface area contributed by atoms with Gasteiger partial charge in [-0.05, 0) is 24.8 Å². The summed E-state index contributed by atoms with van der Waals surface area (Å²) in [6.45, 7) is 1.84. The maximum Gasteiger partial charge on any atom is 0.277 e. The minimum atomic E-state index is -1.18. The van der Waals surface area contributed by atoms with E-state index in [1.165, 1.54) is 0 Å². The second-order valence-electron chi connectivity index (χ2n) is 4.68. The van der Waals surface area contributed by atoms with Crippen LogP contribution in [0, 0.1) is 27.2 Å². The fourth-order valence-electron chi connectivity index (χ4n) is 1.84. The van der Waals surface area contributed by atoms with Crippen LogP contribution in [0.15, 0.2) is 36.4 Å². The highest BCUT2D eigenvalue weighted by atomic mass is 16.6. The Morgan fingerprint density at radius 1 is 1.04 bits per heavy atom.